The molecule has 3 nitrogen and oxygen atoms in total. The molecule has 1 aromatic carbocycles. The van der Waals surface area contributed by atoms with Crippen molar-refractivity contribution < 1.29 is 15.0 Å². The number of carboxylic acid groups (broad SMARTS) is 1. The molecular weight excluding hydrogens is 204 g/mol. The first-order valence-electron chi connectivity index (χ1n) is 5.62. The lowest BCUT2D eigenvalue weighted by Crippen LogP contribution is -2.40. The van der Waals surface area contributed by atoms with Crippen LogP contribution in [0.2, 0.25) is 0 Å². The number of aliphatic hydroxyl groups is 1. The van der Waals surface area contributed by atoms with E-state index in [-0.39, 0.29) is 6.10 Å². The summed E-state index contributed by atoms with van der Waals surface area (Å²) in [5.41, 5.74) is 0.0647. The van der Waals surface area contributed by atoms with Gasteiger partial charge in [0.1, 0.15) is 0 Å². The Morgan fingerprint density at radius 1 is 1.19 bits per heavy atom. The number of hydrogen-bond donors (Lipinski definition) is 2. The molecule has 0 saturated heterocycles. The minimum Gasteiger partial charge on any atom is -0.481 e. The smallest absolute Gasteiger partial charge is 0.314 e. The van der Waals surface area contributed by atoms with Gasteiger partial charge in [0.15, 0.2) is 0 Å². The van der Waals surface area contributed by atoms with E-state index in [4.69, 9.17) is 0 Å². The van der Waals surface area contributed by atoms with Gasteiger partial charge in [-0.05, 0) is 31.2 Å². The summed E-state index contributed by atoms with van der Waals surface area (Å²) in [7, 11) is 0. The summed E-state index contributed by atoms with van der Waals surface area (Å²) in [6.07, 6.45) is 1.85. The summed E-state index contributed by atoms with van der Waals surface area (Å²) in [5, 5.41) is 18.9. The van der Waals surface area contributed by atoms with Gasteiger partial charge in [-0.15, -0.1) is 0 Å². The Labute approximate surface area is 94.7 Å². The fourth-order valence-electron chi connectivity index (χ4n) is 2.48. The molecule has 1 fully saturated rings. The molecule has 1 aliphatic rings. The molecule has 3 heteroatoms. The molecule has 2 N–H and O–H groups in total. The summed E-state index contributed by atoms with van der Waals surface area (Å²) < 4.78 is 0. The van der Waals surface area contributed by atoms with Gasteiger partial charge >= 0.3 is 5.97 Å². The van der Waals surface area contributed by atoms with Gasteiger partial charge in [0, 0.05) is 0 Å². The lowest BCUT2D eigenvalue weighted by atomic mass is 9.69. The summed E-state index contributed by atoms with van der Waals surface area (Å²) in [6, 6.07) is 9.35. The Bertz CT molecular complexity index is 364. The molecule has 1 saturated carbocycles. The number of carbonyl (C=O) groups is 1. The Morgan fingerprint density at radius 3 is 2.25 bits per heavy atom. The highest BCUT2D eigenvalue weighted by molar-refractivity contribution is 5.81. The van der Waals surface area contributed by atoms with E-state index >= 15 is 0 Å². The van der Waals surface area contributed by atoms with Crippen LogP contribution in [0.15, 0.2) is 30.3 Å². The Morgan fingerprint density at radius 2 is 1.75 bits per heavy atom. The van der Waals surface area contributed by atoms with Gasteiger partial charge in [-0.2, -0.15) is 0 Å². The van der Waals surface area contributed by atoms with Gasteiger partial charge < -0.3 is 10.2 Å². The number of carboxylic acids is 1. The van der Waals surface area contributed by atoms with Gasteiger partial charge in [0.25, 0.3) is 0 Å². The second-order valence-electron chi connectivity index (χ2n) is 4.48. The van der Waals surface area contributed by atoms with Gasteiger partial charge in [-0.3, -0.25) is 4.79 Å². The highest BCUT2D eigenvalue weighted by atomic mass is 16.4. The van der Waals surface area contributed by atoms with E-state index in [1.807, 2.05) is 30.3 Å². The van der Waals surface area contributed by atoms with E-state index in [2.05, 4.69) is 0 Å². The molecule has 0 aromatic heterocycles. The van der Waals surface area contributed by atoms with Crippen molar-refractivity contribution in [2.75, 3.05) is 0 Å². The van der Waals surface area contributed by atoms with Crippen LogP contribution in [-0.2, 0) is 10.2 Å². The predicted octanol–water partition coefficient (Wildman–Crippen LogP) is 1.94. The molecule has 0 unspecified atom stereocenters. The van der Waals surface area contributed by atoms with Crippen LogP contribution in [0.5, 0.6) is 0 Å². The largest absolute Gasteiger partial charge is 0.481 e. The average Bonchev–Trinajstić information content (AvgIpc) is 2.31. The molecular formula is C13H16O3. The zero-order chi connectivity index (χ0) is 11.6. The third kappa shape index (κ3) is 1.83. The van der Waals surface area contributed by atoms with Crippen molar-refractivity contribution in [3.8, 4) is 0 Å². The zero-order valence-corrected chi connectivity index (χ0v) is 9.10. The average molecular weight is 220 g/mol. The second kappa shape index (κ2) is 4.26. The fourth-order valence-corrected chi connectivity index (χ4v) is 2.48. The van der Waals surface area contributed by atoms with Crippen molar-refractivity contribution in [3.05, 3.63) is 35.9 Å². The molecule has 0 aliphatic heterocycles. The van der Waals surface area contributed by atoms with E-state index in [1.54, 1.807) is 0 Å². The zero-order valence-electron chi connectivity index (χ0n) is 9.10. The SMILES string of the molecule is O=C(O)C1(c2ccccc2)CCC(O)CC1. The first-order chi connectivity index (χ1) is 7.65. The second-order valence-corrected chi connectivity index (χ2v) is 4.48. The Hall–Kier alpha value is -1.35. The van der Waals surface area contributed by atoms with E-state index in [9.17, 15) is 15.0 Å². The summed E-state index contributed by atoms with van der Waals surface area (Å²) in [4.78, 5) is 11.5. The number of hydrogen-bond acceptors (Lipinski definition) is 2. The van der Waals surface area contributed by atoms with Crippen LogP contribution >= 0.6 is 0 Å². The highest BCUT2D eigenvalue weighted by Crippen LogP contribution is 2.39. The maximum absolute atomic E-state index is 11.5. The van der Waals surface area contributed by atoms with Crippen LogP contribution in [0.25, 0.3) is 0 Å². The summed E-state index contributed by atoms with van der Waals surface area (Å²) in [6.45, 7) is 0. The quantitative estimate of drug-likeness (QED) is 0.800. The monoisotopic (exact) mass is 220 g/mol. The van der Waals surface area contributed by atoms with Crippen LogP contribution in [-0.4, -0.2) is 22.3 Å². The van der Waals surface area contributed by atoms with Crippen LogP contribution in [0.4, 0.5) is 0 Å². The molecule has 1 aromatic rings. The molecule has 2 rings (SSSR count). The predicted molar refractivity (Wildman–Crippen MR) is 60.2 cm³/mol. The third-order valence-corrected chi connectivity index (χ3v) is 3.54. The Kier molecular flexibility index (Phi) is 2.97. The standard InChI is InChI=1S/C13H16O3/c14-11-6-8-13(9-7-11,12(15)16)10-4-2-1-3-5-10/h1-5,11,14H,6-9H2,(H,15,16). The molecule has 0 radical (unpaired) electrons. The number of rotatable bonds is 2. The topological polar surface area (TPSA) is 57.5 Å². The van der Waals surface area contributed by atoms with Crippen molar-refractivity contribution in [2.24, 2.45) is 0 Å². The minimum atomic E-state index is -0.791. The van der Waals surface area contributed by atoms with Gasteiger partial charge in [-0.25, -0.2) is 0 Å². The van der Waals surface area contributed by atoms with E-state index in [0.717, 1.165) is 5.56 Å². The lowest BCUT2D eigenvalue weighted by molar-refractivity contribution is -0.146. The van der Waals surface area contributed by atoms with Crippen LogP contribution in [0.3, 0.4) is 0 Å². The van der Waals surface area contributed by atoms with Crippen molar-refractivity contribution >= 4 is 5.97 Å². The van der Waals surface area contributed by atoms with Crippen LogP contribution in [0, 0.1) is 0 Å². The van der Waals surface area contributed by atoms with E-state index < -0.39 is 11.4 Å². The molecule has 0 bridgehead atoms. The Balaban J connectivity index is 2.34. The van der Waals surface area contributed by atoms with Gasteiger partial charge in [0.05, 0.1) is 11.5 Å². The summed E-state index contributed by atoms with van der Waals surface area (Å²) >= 11 is 0. The van der Waals surface area contributed by atoms with E-state index in [1.165, 1.54) is 0 Å². The molecule has 16 heavy (non-hydrogen) atoms. The normalized spacial score (nSPS) is 29.9. The number of aliphatic hydroxyl groups excluding tert-OH is 1. The first kappa shape index (κ1) is 11.1. The minimum absolute atomic E-state index is 0.337. The first-order valence-corrected chi connectivity index (χ1v) is 5.62. The number of benzene rings is 1. The van der Waals surface area contributed by atoms with Crippen molar-refractivity contribution in [2.45, 2.75) is 37.2 Å². The van der Waals surface area contributed by atoms with Crippen molar-refractivity contribution in [1.82, 2.24) is 0 Å². The lowest BCUT2D eigenvalue weighted by Gasteiger charge is -2.35. The van der Waals surface area contributed by atoms with Gasteiger partial charge in [-0.1, -0.05) is 30.3 Å². The number of aliphatic carboxylic acids is 1. The van der Waals surface area contributed by atoms with Crippen molar-refractivity contribution in [1.29, 1.82) is 0 Å². The maximum atomic E-state index is 11.5. The summed E-state index contributed by atoms with van der Waals surface area (Å²) in [5.74, 6) is -0.773. The maximum Gasteiger partial charge on any atom is 0.314 e. The molecule has 0 atom stereocenters. The highest BCUT2D eigenvalue weighted by Gasteiger charge is 2.42. The molecule has 1 aliphatic carbocycles. The molecule has 0 heterocycles. The van der Waals surface area contributed by atoms with Crippen LogP contribution < -0.4 is 0 Å². The third-order valence-electron chi connectivity index (χ3n) is 3.54. The van der Waals surface area contributed by atoms with E-state index in [0.29, 0.717) is 25.7 Å². The van der Waals surface area contributed by atoms with Crippen LogP contribution in [0.1, 0.15) is 31.2 Å². The van der Waals surface area contributed by atoms with Crippen molar-refractivity contribution in [3.63, 3.8) is 0 Å². The van der Waals surface area contributed by atoms with Gasteiger partial charge in [0.2, 0.25) is 0 Å². The fraction of sp³-hybridized carbons (Fsp3) is 0.462. The molecule has 0 amide bonds. The molecule has 86 valence electrons. The molecule has 0 spiro atoms.